The maximum atomic E-state index is 11.3. The van der Waals surface area contributed by atoms with Crippen molar-refractivity contribution in [3.8, 4) is 12.3 Å². The summed E-state index contributed by atoms with van der Waals surface area (Å²) < 4.78 is 5.09. The second kappa shape index (κ2) is 7.31. The van der Waals surface area contributed by atoms with E-state index in [9.17, 15) is 4.79 Å². The normalized spacial score (nSPS) is 9.41. The van der Waals surface area contributed by atoms with Crippen LogP contribution in [0.15, 0.2) is 24.3 Å². The predicted octanol–water partition coefficient (Wildman–Crippen LogP) is 1.27. The number of carbonyl (C=O) groups is 1. The van der Waals surface area contributed by atoms with E-state index in [0.29, 0.717) is 13.2 Å². The second-order valence-electron chi connectivity index (χ2n) is 3.44. The first-order valence-electron chi connectivity index (χ1n) is 5.28. The van der Waals surface area contributed by atoms with Crippen LogP contribution >= 0.6 is 0 Å². The summed E-state index contributed by atoms with van der Waals surface area (Å²) in [5.41, 5.74) is 2.09. The molecule has 0 spiro atoms. The molecule has 2 amide bonds. The predicted molar refractivity (Wildman–Crippen MR) is 66.2 cm³/mol. The molecule has 4 heteroatoms. The summed E-state index contributed by atoms with van der Waals surface area (Å²) in [6.45, 7) is 1.21. The van der Waals surface area contributed by atoms with Crippen LogP contribution in [0.2, 0.25) is 0 Å². The first-order chi connectivity index (χ1) is 8.27. The number of methoxy groups -OCH3 is 1. The average molecular weight is 232 g/mol. The zero-order valence-electron chi connectivity index (χ0n) is 9.82. The van der Waals surface area contributed by atoms with Crippen molar-refractivity contribution in [3.05, 3.63) is 35.4 Å². The summed E-state index contributed by atoms with van der Waals surface area (Å²) >= 11 is 0. The van der Waals surface area contributed by atoms with E-state index in [1.807, 2.05) is 24.3 Å². The summed E-state index contributed by atoms with van der Waals surface area (Å²) in [6.07, 6.45) is 5.04. The van der Waals surface area contributed by atoms with E-state index < -0.39 is 0 Å². The molecule has 1 aromatic rings. The van der Waals surface area contributed by atoms with Crippen LogP contribution in [0, 0.1) is 12.3 Å². The molecule has 90 valence electrons. The fourth-order valence-electron chi connectivity index (χ4n) is 1.40. The highest BCUT2D eigenvalue weighted by Crippen LogP contribution is 2.09. The van der Waals surface area contributed by atoms with Crippen molar-refractivity contribution < 1.29 is 9.53 Å². The zero-order chi connectivity index (χ0) is 12.5. The van der Waals surface area contributed by atoms with Gasteiger partial charge in [0.2, 0.25) is 0 Å². The molecule has 2 N–H and O–H groups in total. The topological polar surface area (TPSA) is 50.4 Å². The van der Waals surface area contributed by atoms with Crippen molar-refractivity contribution in [1.82, 2.24) is 10.6 Å². The lowest BCUT2D eigenvalue weighted by atomic mass is 10.1. The SMILES string of the molecule is C#CCNC(=O)NCc1ccccc1COC. The summed E-state index contributed by atoms with van der Waals surface area (Å²) in [4.78, 5) is 11.3. The van der Waals surface area contributed by atoms with Gasteiger partial charge in [-0.25, -0.2) is 4.79 Å². The summed E-state index contributed by atoms with van der Waals surface area (Å²) in [5.74, 6) is 2.34. The first-order valence-corrected chi connectivity index (χ1v) is 5.28. The number of urea groups is 1. The molecule has 0 unspecified atom stereocenters. The molecule has 0 aliphatic rings. The highest BCUT2D eigenvalue weighted by molar-refractivity contribution is 5.74. The van der Waals surface area contributed by atoms with Crippen LogP contribution in [0.5, 0.6) is 0 Å². The van der Waals surface area contributed by atoms with Crippen molar-refractivity contribution in [2.24, 2.45) is 0 Å². The monoisotopic (exact) mass is 232 g/mol. The standard InChI is InChI=1S/C13H16N2O2/c1-3-8-14-13(16)15-9-11-6-4-5-7-12(11)10-17-2/h1,4-7H,8-10H2,2H3,(H2,14,15,16). The van der Waals surface area contributed by atoms with Crippen molar-refractivity contribution >= 4 is 6.03 Å². The lowest BCUT2D eigenvalue weighted by Gasteiger charge is -2.10. The maximum Gasteiger partial charge on any atom is 0.315 e. The van der Waals surface area contributed by atoms with E-state index in [2.05, 4.69) is 16.6 Å². The van der Waals surface area contributed by atoms with E-state index in [-0.39, 0.29) is 12.6 Å². The third-order valence-corrected chi connectivity index (χ3v) is 2.21. The highest BCUT2D eigenvalue weighted by atomic mass is 16.5. The van der Waals surface area contributed by atoms with Gasteiger partial charge in [-0.15, -0.1) is 6.42 Å². The van der Waals surface area contributed by atoms with Gasteiger partial charge >= 0.3 is 6.03 Å². The minimum absolute atomic E-state index is 0.228. The number of amides is 2. The first kappa shape index (κ1) is 13.1. The Labute approximate surface area is 101 Å². The van der Waals surface area contributed by atoms with Gasteiger partial charge in [-0.3, -0.25) is 0 Å². The molecule has 0 aliphatic heterocycles. The van der Waals surface area contributed by atoms with Crippen LogP contribution < -0.4 is 10.6 Å². The van der Waals surface area contributed by atoms with Crippen molar-refractivity contribution in [1.29, 1.82) is 0 Å². The maximum absolute atomic E-state index is 11.3. The number of hydrogen-bond acceptors (Lipinski definition) is 2. The Balaban J connectivity index is 2.51. The summed E-state index contributed by atoms with van der Waals surface area (Å²) in [6, 6.07) is 7.52. The van der Waals surface area contributed by atoms with Crippen molar-refractivity contribution in [3.63, 3.8) is 0 Å². The fraction of sp³-hybridized carbons (Fsp3) is 0.308. The zero-order valence-corrected chi connectivity index (χ0v) is 9.82. The van der Waals surface area contributed by atoms with Gasteiger partial charge in [-0.2, -0.15) is 0 Å². The van der Waals surface area contributed by atoms with Gasteiger partial charge in [0.1, 0.15) is 0 Å². The molecule has 0 radical (unpaired) electrons. The lowest BCUT2D eigenvalue weighted by Crippen LogP contribution is -2.35. The average Bonchev–Trinajstić information content (AvgIpc) is 2.35. The molecule has 0 saturated carbocycles. The number of ether oxygens (including phenoxy) is 1. The van der Waals surface area contributed by atoms with E-state index in [4.69, 9.17) is 11.2 Å². The van der Waals surface area contributed by atoms with Crippen LogP contribution in [-0.2, 0) is 17.9 Å². The van der Waals surface area contributed by atoms with E-state index in [1.54, 1.807) is 7.11 Å². The molecule has 0 heterocycles. The van der Waals surface area contributed by atoms with Crippen molar-refractivity contribution in [2.75, 3.05) is 13.7 Å². The Morgan fingerprint density at radius 3 is 2.71 bits per heavy atom. The van der Waals surface area contributed by atoms with Gasteiger partial charge in [0.15, 0.2) is 0 Å². The molecular formula is C13H16N2O2. The number of nitrogens with one attached hydrogen (secondary N) is 2. The molecule has 0 fully saturated rings. The third kappa shape index (κ3) is 4.58. The number of benzene rings is 1. The Hall–Kier alpha value is -1.99. The molecule has 0 atom stereocenters. The van der Waals surface area contributed by atoms with Gasteiger partial charge in [0.25, 0.3) is 0 Å². The molecular weight excluding hydrogens is 216 g/mol. The lowest BCUT2D eigenvalue weighted by molar-refractivity contribution is 0.184. The Morgan fingerprint density at radius 2 is 2.06 bits per heavy atom. The van der Waals surface area contributed by atoms with Crippen LogP contribution in [0.3, 0.4) is 0 Å². The van der Waals surface area contributed by atoms with Crippen LogP contribution in [0.1, 0.15) is 11.1 Å². The van der Waals surface area contributed by atoms with Crippen LogP contribution in [-0.4, -0.2) is 19.7 Å². The largest absolute Gasteiger partial charge is 0.380 e. The molecule has 0 bridgehead atoms. The Bertz CT molecular complexity index is 410. The minimum Gasteiger partial charge on any atom is -0.380 e. The second-order valence-corrected chi connectivity index (χ2v) is 3.44. The minimum atomic E-state index is -0.268. The molecule has 1 rings (SSSR count). The summed E-state index contributed by atoms with van der Waals surface area (Å²) in [5, 5.41) is 5.27. The molecule has 0 aliphatic carbocycles. The van der Waals surface area contributed by atoms with E-state index >= 15 is 0 Å². The molecule has 17 heavy (non-hydrogen) atoms. The molecule has 1 aromatic carbocycles. The smallest absolute Gasteiger partial charge is 0.315 e. The molecule has 4 nitrogen and oxygen atoms in total. The van der Waals surface area contributed by atoms with E-state index in [1.165, 1.54) is 0 Å². The fourth-order valence-corrected chi connectivity index (χ4v) is 1.40. The Kier molecular flexibility index (Phi) is 5.62. The van der Waals surface area contributed by atoms with Gasteiger partial charge in [0.05, 0.1) is 13.2 Å². The number of hydrogen-bond donors (Lipinski definition) is 2. The number of terminal acetylenes is 1. The highest BCUT2D eigenvalue weighted by Gasteiger charge is 2.03. The molecule has 0 saturated heterocycles. The third-order valence-electron chi connectivity index (χ3n) is 2.21. The van der Waals surface area contributed by atoms with Gasteiger partial charge in [-0.1, -0.05) is 30.2 Å². The van der Waals surface area contributed by atoms with Gasteiger partial charge < -0.3 is 15.4 Å². The van der Waals surface area contributed by atoms with Crippen molar-refractivity contribution in [2.45, 2.75) is 13.2 Å². The van der Waals surface area contributed by atoms with Crippen LogP contribution in [0.25, 0.3) is 0 Å². The molecule has 0 aromatic heterocycles. The Morgan fingerprint density at radius 1 is 1.35 bits per heavy atom. The number of carbonyl (C=O) groups excluding carboxylic acids is 1. The van der Waals surface area contributed by atoms with Crippen LogP contribution in [0.4, 0.5) is 4.79 Å². The van der Waals surface area contributed by atoms with Gasteiger partial charge in [0, 0.05) is 13.7 Å². The van der Waals surface area contributed by atoms with Gasteiger partial charge in [-0.05, 0) is 11.1 Å². The summed E-state index contributed by atoms with van der Waals surface area (Å²) in [7, 11) is 1.64. The quantitative estimate of drug-likeness (QED) is 0.751. The number of rotatable bonds is 5. The van der Waals surface area contributed by atoms with E-state index in [0.717, 1.165) is 11.1 Å².